The van der Waals surface area contributed by atoms with Crippen LogP contribution >= 0.6 is 11.8 Å². The lowest BCUT2D eigenvalue weighted by atomic mass is 9.91. The largest absolute Gasteiger partial charge is 0.390 e. The maximum absolute atomic E-state index is 10.8. The van der Waals surface area contributed by atoms with Crippen molar-refractivity contribution in [1.82, 2.24) is 0 Å². The zero-order chi connectivity index (χ0) is 14.4. The Bertz CT molecular complexity index is 418. The highest BCUT2D eigenvalue weighted by atomic mass is 32.2. The molecule has 0 saturated heterocycles. The highest BCUT2D eigenvalue weighted by Crippen LogP contribution is 2.28. The average molecular weight is 282 g/mol. The van der Waals surface area contributed by atoms with Gasteiger partial charge in [0.05, 0.1) is 6.10 Å². The summed E-state index contributed by atoms with van der Waals surface area (Å²) in [6, 6.07) is 7.62. The summed E-state index contributed by atoms with van der Waals surface area (Å²) in [4.78, 5) is 10.8. The highest BCUT2D eigenvalue weighted by molar-refractivity contribution is 8.13. The van der Waals surface area contributed by atoms with Crippen molar-refractivity contribution in [2.45, 2.75) is 45.3 Å². The standard InChI is InChI=1S/C15H22O3S/c1-10(2)12-6-4-5-7-13(12)15(18)14(17)8-9-19-11(3)16/h4-7,10,14-15,17-18H,8-9H2,1-3H3. The van der Waals surface area contributed by atoms with Crippen molar-refractivity contribution in [1.29, 1.82) is 0 Å². The van der Waals surface area contributed by atoms with E-state index in [2.05, 4.69) is 13.8 Å². The maximum Gasteiger partial charge on any atom is 0.185 e. The fraction of sp³-hybridized carbons (Fsp3) is 0.533. The first-order valence-electron chi connectivity index (χ1n) is 6.51. The predicted octanol–water partition coefficient (Wildman–Crippen LogP) is 2.87. The number of thioether (sulfide) groups is 1. The minimum Gasteiger partial charge on any atom is -0.390 e. The Hall–Kier alpha value is -0.840. The van der Waals surface area contributed by atoms with Crippen LogP contribution in [0.2, 0.25) is 0 Å². The Balaban J connectivity index is 2.71. The van der Waals surface area contributed by atoms with E-state index in [1.807, 2.05) is 24.3 Å². The number of carbonyl (C=O) groups excluding carboxylic acids is 1. The highest BCUT2D eigenvalue weighted by Gasteiger charge is 2.21. The average Bonchev–Trinajstić information content (AvgIpc) is 2.37. The van der Waals surface area contributed by atoms with Gasteiger partial charge in [-0.3, -0.25) is 4.79 Å². The third kappa shape index (κ3) is 4.97. The van der Waals surface area contributed by atoms with Crippen LogP contribution < -0.4 is 0 Å². The molecule has 0 aliphatic heterocycles. The van der Waals surface area contributed by atoms with Gasteiger partial charge in [-0.25, -0.2) is 0 Å². The molecule has 0 radical (unpaired) electrons. The van der Waals surface area contributed by atoms with Crippen LogP contribution in [-0.4, -0.2) is 27.2 Å². The number of benzene rings is 1. The van der Waals surface area contributed by atoms with E-state index in [0.717, 1.165) is 11.1 Å². The molecule has 0 aromatic heterocycles. The second-order valence-corrected chi connectivity index (χ2v) is 6.20. The third-order valence-corrected chi connectivity index (χ3v) is 3.87. The van der Waals surface area contributed by atoms with Crippen LogP contribution in [0, 0.1) is 0 Å². The number of carbonyl (C=O) groups is 1. The van der Waals surface area contributed by atoms with Crippen molar-refractivity contribution in [3.05, 3.63) is 35.4 Å². The molecule has 0 bridgehead atoms. The molecule has 0 aliphatic carbocycles. The van der Waals surface area contributed by atoms with Gasteiger partial charge in [0.25, 0.3) is 0 Å². The molecule has 106 valence electrons. The van der Waals surface area contributed by atoms with Gasteiger partial charge < -0.3 is 10.2 Å². The van der Waals surface area contributed by atoms with Crippen molar-refractivity contribution in [2.75, 3.05) is 5.75 Å². The Morgan fingerprint density at radius 2 is 1.79 bits per heavy atom. The van der Waals surface area contributed by atoms with Crippen LogP contribution in [0.1, 0.15) is 50.3 Å². The molecule has 3 nitrogen and oxygen atoms in total. The third-order valence-electron chi connectivity index (χ3n) is 3.02. The SMILES string of the molecule is CC(=O)SCCC(O)C(O)c1ccccc1C(C)C. The molecule has 0 saturated carbocycles. The summed E-state index contributed by atoms with van der Waals surface area (Å²) in [6.07, 6.45) is -1.34. The molecule has 1 rings (SSSR count). The van der Waals surface area contributed by atoms with E-state index in [-0.39, 0.29) is 5.12 Å². The number of aliphatic hydroxyl groups is 2. The minimum atomic E-state index is -0.897. The lowest BCUT2D eigenvalue weighted by Crippen LogP contribution is -2.20. The number of hydrogen-bond acceptors (Lipinski definition) is 4. The quantitative estimate of drug-likeness (QED) is 0.842. The Morgan fingerprint density at radius 3 is 2.32 bits per heavy atom. The molecule has 4 heteroatoms. The molecule has 19 heavy (non-hydrogen) atoms. The summed E-state index contributed by atoms with van der Waals surface area (Å²) in [7, 11) is 0. The van der Waals surface area contributed by atoms with Crippen molar-refractivity contribution in [3.8, 4) is 0 Å². The van der Waals surface area contributed by atoms with E-state index in [1.54, 1.807) is 0 Å². The molecule has 2 unspecified atom stereocenters. The molecule has 1 aromatic rings. The Kier molecular flexibility index (Phi) is 6.55. The first-order chi connectivity index (χ1) is 8.93. The molecule has 2 N–H and O–H groups in total. The number of rotatable bonds is 6. The summed E-state index contributed by atoms with van der Waals surface area (Å²) in [5.41, 5.74) is 1.83. The Morgan fingerprint density at radius 1 is 1.21 bits per heavy atom. The normalized spacial score (nSPS) is 14.4. The minimum absolute atomic E-state index is 0.0317. The van der Waals surface area contributed by atoms with Gasteiger partial charge in [-0.2, -0.15) is 0 Å². The molecule has 0 fully saturated rings. The fourth-order valence-electron chi connectivity index (χ4n) is 1.99. The lowest BCUT2D eigenvalue weighted by molar-refractivity contribution is -0.109. The molecular formula is C15H22O3S. The van der Waals surface area contributed by atoms with E-state index < -0.39 is 12.2 Å². The van der Waals surface area contributed by atoms with E-state index >= 15 is 0 Å². The topological polar surface area (TPSA) is 57.5 Å². The van der Waals surface area contributed by atoms with Gasteiger partial charge in [-0.05, 0) is 23.5 Å². The van der Waals surface area contributed by atoms with Gasteiger partial charge in [0.15, 0.2) is 5.12 Å². The molecule has 2 atom stereocenters. The monoisotopic (exact) mass is 282 g/mol. The van der Waals surface area contributed by atoms with Crippen molar-refractivity contribution >= 4 is 16.9 Å². The first-order valence-corrected chi connectivity index (χ1v) is 7.50. The number of hydrogen-bond donors (Lipinski definition) is 2. The summed E-state index contributed by atoms with van der Waals surface area (Å²) < 4.78 is 0. The zero-order valence-corrected chi connectivity index (χ0v) is 12.5. The smallest absolute Gasteiger partial charge is 0.185 e. The van der Waals surface area contributed by atoms with Crippen LogP contribution in [0.15, 0.2) is 24.3 Å². The van der Waals surface area contributed by atoms with Crippen LogP contribution in [0.5, 0.6) is 0 Å². The molecule has 1 aromatic carbocycles. The second kappa shape index (κ2) is 7.68. The van der Waals surface area contributed by atoms with Gasteiger partial charge in [0.2, 0.25) is 0 Å². The van der Waals surface area contributed by atoms with E-state index in [4.69, 9.17) is 0 Å². The van der Waals surface area contributed by atoms with Crippen LogP contribution in [-0.2, 0) is 4.79 Å². The predicted molar refractivity (Wildman–Crippen MR) is 79.3 cm³/mol. The maximum atomic E-state index is 10.8. The van der Waals surface area contributed by atoms with Gasteiger partial charge in [0, 0.05) is 12.7 Å². The van der Waals surface area contributed by atoms with E-state index in [9.17, 15) is 15.0 Å². The summed E-state index contributed by atoms with van der Waals surface area (Å²) in [5, 5.41) is 20.3. The van der Waals surface area contributed by atoms with Gasteiger partial charge >= 0.3 is 0 Å². The first kappa shape index (κ1) is 16.2. The molecule has 0 spiro atoms. The van der Waals surface area contributed by atoms with E-state index in [0.29, 0.717) is 18.1 Å². The number of aliphatic hydroxyl groups excluding tert-OH is 2. The van der Waals surface area contributed by atoms with Crippen molar-refractivity contribution in [3.63, 3.8) is 0 Å². The summed E-state index contributed by atoms with van der Waals surface area (Å²) >= 11 is 1.17. The van der Waals surface area contributed by atoms with Crippen molar-refractivity contribution < 1.29 is 15.0 Å². The molecule has 0 heterocycles. The van der Waals surface area contributed by atoms with Gasteiger partial charge in [0.1, 0.15) is 6.10 Å². The van der Waals surface area contributed by atoms with Gasteiger partial charge in [-0.15, -0.1) is 0 Å². The molecular weight excluding hydrogens is 260 g/mol. The Labute approximate surface area is 119 Å². The lowest BCUT2D eigenvalue weighted by Gasteiger charge is -2.22. The van der Waals surface area contributed by atoms with Crippen LogP contribution in [0.25, 0.3) is 0 Å². The van der Waals surface area contributed by atoms with Crippen LogP contribution in [0.3, 0.4) is 0 Å². The van der Waals surface area contributed by atoms with Gasteiger partial charge in [-0.1, -0.05) is 49.9 Å². The molecule has 0 amide bonds. The van der Waals surface area contributed by atoms with E-state index in [1.165, 1.54) is 18.7 Å². The second-order valence-electron chi connectivity index (χ2n) is 4.92. The summed E-state index contributed by atoms with van der Waals surface area (Å²) in [5.74, 6) is 0.821. The zero-order valence-electron chi connectivity index (χ0n) is 11.7. The van der Waals surface area contributed by atoms with Crippen LogP contribution in [0.4, 0.5) is 0 Å². The molecule has 0 aliphatic rings. The fourth-order valence-corrected chi connectivity index (χ4v) is 2.64. The summed E-state index contributed by atoms with van der Waals surface area (Å²) in [6.45, 7) is 5.62. The van der Waals surface area contributed by atoms with Crippen molar-refractivity contribution in [2.24, 2.45) is 0 Å².